The molecule has 1 fully saturated rings. The summed E-state index contributed by atoms with van der Waals surface area (Å²) in [5, 5.41) is 6.93. The number of guanidine groups is 1. The molecule has 1 amide bonds. The number of halogens is 1. The molecule has 7 heteroatoms. The third-order valence-electron chi connectivity index (χ3n) is 6.14. The number of rotatable bonds is 7. The SMILES string of the molecule is CCNC(=NCC(CC)N1CCc2ccccc2C1)NC1CCN(C(=O)CC)C1.I. The molecule has 6 nitrogen and oxygen atoms in total. The zero-order chi connectivity index (χ0) is 20.6. The largest absolute Gasteiger partial charge is 0.357 e. The second-order valence-corrected chi connectivity index (χ2v) is 8.09. The van der Waals surface area contributed by atoms with E-state index in [0.29, 0.717) is 12.5 Å². The number of nitrogens with zero attached hydrogens (tertiary/aromatic N) is 3. The average molecular weight is 527 g/mol. The van der Waals surface area contributed by atoms with Gasteiger partial charge in [-0.05, 0) is 37.3 Å². The van der Waals surface area contributed by atoms with E-state index in [0.717, 1.165) is 64.5 Å². The Morgan fingerprint density at radius 3 is 2.67 bits per heavy atom. The summed E-state index contributed by atoms with van der Waals surface area (Å²) >= 11 is 0. The number of nitrogens with one attached hydrogen (secondary N) is 2. The molecule has 168 valence electrons. The third-order valence-corrected chi connectivity index (χ3v) is 6.14. The van der Waals surface area contributed by atoms with Crippen molar-refractivity contribution in [2.45, 2.75) is 65.1 Å². The molecule has 0 aliphatic carbocycles. The maximum atomic E-state index is 11.9. The fraction of sp³-hybridized carbons (Fsp3) is 0.652. The van der Waals surface area contributed by atoms with Gasteiger partial charge in [-0.2, -0.15) is 0 Å². The number of likely N-dealkylation sites (tertiary alicyclic amines) is 1. The van der Waals surface area contributed by atoms with Crippen molar-refractivity contribution in [3.05, 3.63) is 35.4 Å². The summed E-state index contributed by atoms with van der Waals surface area (Å²) in [7, 11) is 0. The molecule has 30 heavy (non-hydrogen) atoms. The van der Waals surface area contributed by atoms with Crippen molar-refractivity contribution in [2.24, 2.45) is 4.99 Å². The van der Waals surface area contributed by atoms with Gasteiger partial charge in [0.2, 0.25) is 5.91 Å². The lowest BCUT2D eigenvalue weighted by atomic mass is 9.98. The average Bonchev–Trinajstić information content (AvgIpc) is 3.22. The van der Waals surface area contributed by atoms with Crippen LogP contribution in [0.3, 0.4) is 0 Å². The number of carbonyl (C=O) groups excluding carboxylic acids is 1. The molecule has 3 rings (SSSR count). The maximum Gasteiger partial charge on any atom is 0.222 e. The van der Waals surface area contributed by atoms with E-state index < -0.39 is 0 Å². The molecule has 1 aromatic rings. The Labute approximate surface area is 198 Å². The molecule has 0 radical (unpaired) electrons. The van der Waals surface area contributed by atoms with E-state index in [1.807, 2.05) is 11.8 Å². The van der Waals surface area contributed by atoms with E-state index in [-0.39, 0.29) is 35.9 Å². The first-order valence-corrected chi connectivity index (χ1v) is 11.3. The molecule has 2 heterocycles. The molecule has 2 N–H and O–H groups in total. The molecule has 1 aromatic carbocycles. The molecular weight excluding hydrogens is 489 g/mol. The number of carbonyl (C=O) groups is 1. The number of amides is 1. The van der Waals surface area contributed by atoms with Crippen LogP contribution in [0.2, 0.25) is 0 Å². The van der Waals surface area contributed by atoms with Crippen LogP contribution in [0, 0.1) is 0 Å². The van der Waals surface area contributed by atoms with Crippen LogP contribution in [0.15, 0.2) is 29.3 Å². The molecule has 2 aliphatic heterocycles. The van der Waals surface area contributed by atoms with E-state index in [1.165, 1.54) is 11.1 Å². The quantitative estimate of drug-likeness (QED) is 0.325. The van der Waals surface area contributed by atoms with Gasteiger partial charge in [0.1, 0.15) is 0 Å². The Balaban J connectivity index is 0.00000320. The van der Waals surface area contributed by atoms with Gasteiger partial charge in [0.05, 0.1) is 6.54 Å². The number of hydrogen-bond donors (Lipinski definition) is 2. The zero-order valence-corrected chi connectivity index (χ0v) is 21.0. The van der Waals surface area contributed by atoms with Crippen molar-refractivity contribution in [3.63, 3.8) is 0 Å². The summed E-state index contributed by atoms with van der Waals surface area (Å²) in [6, 6.07) is 9.52. The number of fused-ring (bicyclic) bond motifs is 1. The highest BCUT2D eigenvalue weighted by Crippen LogP contribution is 2.21. The van der Waals surface area contributed by atoms with E-state index in [1.54, 1.807) is 0 Å². The van der Waals surface area contributed by atoms with Crippen LogP contribution >= 0.6 is 24.0 Å². The van der Waals surface area contributed by atoms with Crippen LogP contribution in [-0.4, -0.2) is 66.5 Å². The summed E-state index contributed by atoms with van der Waals surface area (Å²) in [5.41, 5.74) is 2.95. The number of hydrogen-bond acceptors (Lipinski definition) is 3. The monoisotopic (exact) mass is 527 g/mol. The van der Waals surface area contributed by atoms with E-state index >= 15 is 0 Å². The Hall–Kier alpha value is -1.35. The summed E-state index contributed by atoms with van der Waals surface area (Å²) in [6.45, 7) is 11.6. The number of benzene rings is 1. The minimum absolute atomic E-state index is 0. The molecular formula is C23H38IN5O. The minimum atomic E-state index is 0. The highest BCUT2D eigenvalue weighted by Gasteiger charge is 2.26. The summed E-state index contributed by atoms with van der Waals surface area (Å²) in [6.07, 6.45) is 3.78. The molecule has 1 saturated heterocycles. The minimum Gasteiger partial charge on any atom is -0.357 e. The maximum absolute atomic E-state index is 11.9. The first-order valence-electron chi connectivity index (χ1n) is 11.3. The highest BCUT2D eigenvalue weighted by molar-refractivity contribution is 14.0. The molecule has 0 aromatic heterocycles. The van der Waals surface area contributed by atoms with Crippen LogP contribution in [0.4, 0.5) is 0 Å². The van der Waals surface area contributed by atoms with Gasteiger partial charge in [0.15, 0.2) is 5.96 Å². The van der Waals surface area contributed by atoms with Gasteiger partial charge in [0.25, 0.3) is 0 Å². The van der Waals surface area contributed by atoms with Gasteiger partial charge in [-0.1, -0.05) is 38.1 Å². The van der Waals surface area contributed by atoms with Gasteiger partial charge in [-0.3, -0.25) is 14.7 Å². The molecule has 0 saturated carbocycles. The normalized spacial score (nSPS) is 20.3. The first-order chi connectivity index (χ1) is 14.1. The first kappa shape index (κ1) is 24.9. The van der Waals surface area contributed by atoms with E-state index in [4.69, 9.17) is 4.99 Å². The predicted molar refractivity (Wildman–Crippen MR) is 134 cm³/mol. The Morgan fingerprint density at radius 1 is 1.20 bits per heavy atom. The topological polar surface area (TPSA) is 60.0 Å². The fourth-order valence-electron chi connectivity index (χ4n) is 4.37. The summed E-state index contributed by atoms with van der Waals surface area (Å²) in [5.74, 6) is 1.12. The van der Waals surface area contributed by atoms with Crippen molar-refractivity contribution < 1.29 is 4.79 Å². The van der Waals surface area contributed by atoms with E-state index in [9.17, 15) is 4.79 Å². The molecule has 2 unspecified atom stereocenters. The molecule has 0 spiro atoms. The van der Waals surface area contributed by atoms with Crippen LogP contribution in [0.1, 0.15) is 51.2 Å². The Bertz CT molecular complexity index is 711. The molecule has 2 atom stereocenters. The van der Waals surface area contributed by atoms with Gasteiger partial charge in [-0.25, -0.2) is 0 Å². The van der Waals surface area contributed by atoms with Crippen LogP contribution < -0.4 is 10.6 Å². The molecule has 2 aliphatic rings. The third kappa shape index (κ3) is 6.57. The van der Waals surface area contributed by atoms with Crippen molar-refractivity contribution in [1.82, 2.24) is 20.4 Å². The molecule has 0 bridgehead atoms. The highest BCUT2D eigenvalue weighted by atomic mass is 127. The number of aliphatic imine (C=N–C) groups is 1. The van der Waals surface area contributed by atoms with Gasteiger partial charge in [-0.15, -0.1) is 24.0 Å². The zero-order valence-electron chi connectivity index (χ0n) is 18.7. The smallest absolute Gasteiger partial charge is 0.222 e. The Kier molecular flexibility index (Phi) is 10.4. The lowest BCUT2D eigenvalue weighted by molar-refractivity contribution is -0.129. The fourth-order valence-corrected chi connectivity index (χ4v) is 4.37. The van der Waals surface area contributed by atoms with Gasteiger partial charge < -0.3 is 15.5 Å². The lowest BCUT2D eigenvalue weighted by Crippen LogP contribution is -2.46. The van der Waals surface area contributed by atoms with Crippen molar-refractivity contribution in [3.8, 4) is 0 Å². The summed E-state index contributed by atoms with van der Waals surface area (Å²) < 4.78 is 0. The van der Waals surface area contributed by atoms with Gasteiger partial charge >= 0.3 is 0 Å². The van der Waals surface area contributed by atoms with Gasteiger partial charge in [0, 0.05) is 51.2 Å². The Morgan fingerprint density at radius 2 is 1.97 bits per heavy atom. The predicted octanol–water partition coefficient (Wildman–Crippen LogP) is 3.01. The van der Waals surface area contributed by atoms with Crippen LogP contribution in [-0.2, 0) is 17.8 Å². The standard InChI is InChI=1S/C23H37N5O.HI/c1-4-21(27-13-11-18-9-7-8-10-19(18)16-27)15-25-23(24-6-3)26-20-12-14-28(17-20)22(29)5-2;/h7-10,20-21H,4-6,11-17H2,1-3H3,(H2,24,25,26);1H. The second kappa shape index (κ2) is 12.5. The van der Waals surface area contributed by atoms with Crippen molar-refractivity contribution in [2.75, 3.05) is 32.7 Å². The van der Waals surface area contributed by atoms with Crippen LogP contribution in [0.25, 0.3) is 0 Å². The summed E-state index contributed by atoms with van der Waals surface area (Å²) in [4.78, 5) is 21.4. The van der Waals surface area contributed by atoms with Crippen molar-refractivity contribution >= 4 is 35.8 Å². The lowest BCUT2D eigenvalue weighted by Gasteiger charge is -2.34. The van der Waals surface area contributed by atoms with Crippen LogP contribution in [0.5, 0.6) is 0 Å². The van der Waals surface area contributed by atoms with Crippen molar-refractivity contribution in [1.29, 1.82) is 0 Å². The van der Waals surface area contributed by atoms with E-state index in [2.05, 4.69) is 53.6 Å². The second-order valence-electron chi connectivity index (χ2n) is 8.09.